The molecule has 0 bridgehead atoms. The van der Waals surface area contributed by atoms with Crippen LogP contribution in [0.2, 0.25) is 0 Å². The highest BCUT2D eigenvalue weighted by atomic mass is 32.1. The highest BCUT2D eigenvalue weighted by Crippen LogP contribution is 2.31. The highest BCUT2D eigenvalue weighted by Gasteiger charge is 2.43. The Morgan fingerprint density at radius 1 is 0.915 bits per heavy atom. The number of urea groups is 1. The maximum absolute atomic E-state index is 14.1. The molecule has 1 saturated heterocycles. The zero-order chi connectivity index (χ0) is 34.4. The minimum Gasteiger partial charge on any atom is -0.346 e. The largest absolute Gasteiger partial charge is 0.346 e. The van der Waals surface area contributed by atoms with E-state index >= 15 is 0 Å². The lowest BCUT2D eigenvalue weighted by atomic mass is 9.80. The second-order valence-electron chi connectivity index (χ2n) is 14.7. The van der Waals surface area contributed by atoms with Gasteiger partial charge in [-0.3, -0.25) is 19.2 Å². The van der Waals surface area contributed by atoms with E-state index in [0.717, 1.165) is 70.1 Å². The maximum atomic E-state index is 14.1. The van der Waals surface area contributed by atoms with Crippen LogP contribution in [-0.2, 0) is 19.2 Å². The van der Waals surface area contributed by atoms with Gasteiger partial charge >= 0.3 is 6.03 Å². The van der Waals surface area contributed by atoms with Crippen LogP contribution >= 0.6 is 12.6 Å². The molecule has 3 aliphatic rings. The Balaban J connectivity index is 1.68. The zero-order valence-electron chi connectivity index (χ0n) is 28.9. The first-order valence-corrected chi connectivity index (χ1v) is 18.5. The lowest BCUT2D eigenvalue weighted by Crippen LogP contribution is -2.61. The minimum atomic E-state index is -0.958. The summed E-state index contributed by atoms with van der Waals surface area (Å²) in [6, 6.07) is -3.06. The monoisotopic (exact) mass is 676 g/mol. The Hall–Kier alpha value is -2.60. The molecule has 266 valence electrons. The van der Waals surface area contributed by atoms with Crippen molar-refractivity contribution >= 4 is 42.2 Å². The number of nitrogens with zero attached hydrogens (tertiary/aromatic N) is 1. The molecule has 2 aliphatic carbocycles. The molecule has 0 aromatic rings. The Morgan fingerprint density at radius 2 is 1.64 bits per heavy atom. The molecule has 5 amide bonds. The van der Waals surface area contributed by atoms with Gasteiger partial charge in [-0.1, -0.05) is 65.4 Å². The smallest absolute Gasteiger partial charge is 0.315 e. The van der Waals surface area contributed by atoms with E-state index in [9.17, 15) is 24.0 Å². The Kier molecular flexibility index (Phi) is 16.0. The van der Waals surface area contributed by atoms with Crippen molar-refractivity contribution < 1.29 is 24.0 Å². The van der Waals surface area contributed by atoms with Gasteiger partial charge in [-0.25, -0.2) is 4.79 Å². The van der Waals surface area contributed by atoms with E-state index in [1.807, 2.05) is 20.8 Å². The number of unbranched alkanes of at least 4 members (excludes halogenated alkanes) is 1. The number of amides is 5. The van der Waals surface area contributed by atoms with Crippen molar-refractivity contribution in [2.45, 2.75) is 128 Å². The van der Waals surface area contributed by atoms with Crippen LogP contribution in [-0.4, -0.2) is 90.5 Å². The summed E-state index contributed by atoms with van der Waals surface area (Å²) in [5.41, 5.74) is -0.630. The van der Waals surface area contributed by atoms with Crippen LogP contribution in [0.5, 0.6) is 0 Å². The molecule has 3 rings (SSSR count). The van der Waals surface area contributed by atoms with Crippen LogP contribution in [0.25, 0.3) is 0 Å². The van der Waals surface area contributed by atoms with Gasteiger partial charge in [0.1, 0.15) is 12.1 Å². The molecular weight excluding hydrogens is 616 g/mol. The van der Waals surface area contributed by atoms with Gasteiger partial charge in [-0.15, -0.1) is 6.58 Å². The number of carbonyl (C=O) groups excluding carboxylic acids is 5. The number of thiol groups is 1. The number of Topliss-reactive ketones (excluding diaryl/α,β-unsaturated/α-hetero) is 1. The lowest BCUT2D eigenvalue weighted by Gasteiger charge is -2.37. The summed E-state index contributed by atoms with van der Waals surface area (Å²) in [6.07, 6.45) is 13.6. The molecule has 5 N–H and O–H groups in total. The van der Waals surface area contributed by atoms with Crippen LogP contribution in [0.4, 0.5) is 4.79 Å². The fourth-order valence-electron chi connectivity index (χ4n) is 6.92. The van der Waals surface area contributed by atoms with Crippen molar-refractivity contribution in [3.05, 3.63) is 12.7 Å². The predicted molar refractivity (Wildman–Crippen MR) is 188 cm³/mol. The third-order valence-electron chi connectivity index (χ3n) is 9.95. The fourth-order valence-corrected chi connectivity index (χ4v) is 7.15. The van der Waals surface area contributed by atoms with E-state index < -0.39 is 41.1 Å². The van der Waals surface area contributed by atoms with Crippen LogP contribution in [0, 0.1) is 17.3 Å². The van der Waals surface area contributed by atoms with Gasteiger partial charge in [0.25, 0.3) is 5.91 Å². The molecule has 3 fully saturated rings. The summed E-state index contributed by atoms with van der Waals surface area (Å²) < 4.78 is 0. The normalized spacial score (nSPS) is 20.8. The van der Waals surface area contributed by atoms with Gasteiger partial charge < -0.3 is 31.5 Å². The molecule has 2 saturated carbocycles. The second kappa shape index (κ2) is 19.4. The molecule has 0 aromatic heterocycles. The number of hydrogen-bond acceptors (Lipinski definition) is 7. The summed E-state index contributed by atoms with van der Waals surface area (Å²) >= 11 is 4.29. The van der Waals surface area contributed by atoms with Gasteiger partial charge in [-0.05, 0) is 74.5 Å². The van der Waals surface area contributed by atoms with Gasteiger partial charge in [0, 0.05) is 25.7 Å². The molecule has 12 heteroatoms. The fraction of sp³-hybridized carbons (Fsp3) is 0.800. The standard InChI is InChI=1S/C35H60N6O5S/c1-5-18-37-32(44)29(42)26(22-24-13-11-14-24)38-31(43)28-17-12-20-41(28)33(45)30(35(2,3)4)40-34(46)39-27(23-36-19-9-10-21-47)25-15-7-6-8-16-25/h5,24-28,30,36,47H,1,6-23H2,2-4H3,(H,37,44)(H,38,43)(H2,39,40,46). The average molecular weight is 677 g/mol. The summed E-state index contributed by atoms with van der Waals surface area (Å²) in [5, 5.41) is 15.0. The number of carbonyl (C=O) groups is 5. The van der Waals surface area contributed by atoms with Crippen molar-refractivity contribution in [1.82, 2.24) is 31.5 Å². The lowest BCUT2D eigenvalue weighted by molar-refractivity contribution is -0.144. The topological polar surface area (TPSA) is 149 Å². The average Bonchev–Trinajstić information content (AvgIpc) is 3.52. The first-order valence-electron chi connectivity index (χ1n) is 17.9. The molecule has 4 unspecified atom stereocenters. The molecule has 47 heavy (non-hydrogen) atoms. The first-order chi connectivity index (χ1) is 22.5. The molecule has 1 aliphatic heterocycles. The SMILES string of the molecule is C=CCNC(=O)C(=O)C(CC1CCC1)NC(=O)C1CCCN1C(=O)C(NC(=O)NC(CNCCCCS)C1CCCCC1)C(C)(C)C. The van der Waals surface area contributed by atoms with Crippen LogP contribution < -0.4 is 26.6 Å². The number of ketones is 1. The molecule has 0 radical (unpaired) electrons. The van der Waals surface area contributed by atoms with E-state index in [-0.39, 0.29) is 30.4 Å². The Morgan fingerprint density at radius 3 is 2.26 bits per heavy atom. The number of rotatable bonds is 18. The van der Waals surface area contributed by atoms with Crippen molar-refractivity contribution in [3.63, 3.8) is 0 Å². The van der Waals surface area contributed by atoms with Crippen molar-refractivity contribution in [2.75, 3.05) is 31.9 Å². The van der Waals surface area contributed by atoms with Crippen molar-refractivity contribution in [2.24, 2.45) is 17.3 Å². The molecule has 11 nitrogen and oxygen atoms in total. The third kappa shape index (κ3) is 12.1. The van der Waals surface area contributed by atoms with Crippen molar-refractivity contribution in [1.29, 1.82) is 0 Å². The molecule has 1 heterocycles. The van der Waals surface area contributed by atoms with Gasteiger partial charge in [-0.2, -0.15) is 12.6 Å². The number of likely N-dealkylation sites (tertiary alicyclic amines) is 1. The second-order valence-corrected chi connectivity index (χ2v) is 15.1. The summed E-state index contributed by atoms with van der Waals surface area (Å²) in [7, 11) is 0. The van der Waals surface area contributed by atoms with E-state index in [2.05, 4.69) is 45.8 Å². The Labute approximate surface area is 287 Å². The molecule has 0 spiro atoms. The summed E-state index contributed by atoms with van der Waals surface area (Å²) in [5.74, 6) is -0.710. The number of hydrogen-bond donors (Lipinski definition) is 6. The van der Waals surface area contributed by atoms with Crippen LogP contribution in [0.15, 0.2) is 12.7 Å². The zero-order valence-corrected chi connectivity index (χ0v) is 29.8. The van der Waals surface area contributed by atoms with Gasteiger partial charge in [0.15, 0.2) is 0 Å². The Bertz CT molecular complexity index is 1070. The predicted octanol–water partition coefficient (Wildman–Crippen LogP) is 3.49. The highest BCUT2D eigenvalue weighted by molar-refractivity contribution is 7.80. The van der Waals surface area contributed by atoms with Gasteiger partial charge in [0.05, 0.1) is 6.04 Å². The van der Waals surface area contributed by atoms with Gasteiger partial charge in [0.2, 0.25) is 17.6 Å². The van der Waals surface area contributed by atoms with E-state index in [0.29, 0.717) is 38.3 Å². The van der Waals surface area contributed by atoms with E-state index in [1.54, 1.807) is 0 Å². The summed E-state index contributed by atoms with van der Waals surface area (Å²) in [6.45, 7) is 11.3. The van der Waals surface area contributed by atoms with E-state index in [1.165, 1.54) is 17.4 Å². The van der Waals surface area contributed by atoms with Crippen LogP contribution in [0.3, 0.4) is 0 Å². The van der Waals surface area contributed by atoms with Crippen molar-refractivity contribution in [3.8, 4) is 0 Å². The molecular formula is C35H60N6O5S. The van der Waals surface area contributed by atoms with Crippen LogP contribution in [0.1, 0.15) is 104 Å². The molecule has 4 atom stereocenters. The quantitative estimate of drug-likeness (QED) is 0.0567. The molecule has 0 aromatic carbocycles. The maximum Gasteiger partial charge on any atom is 0.315 e. The number of nitrogens with one attached hydrogen (secondary N) is 5. The first kappa shape index (κ1) is 38.8. The minimum absolute atomic E-state index is 0.0545. The van der Waals surface area contributed by atoms with E-state index in [4.69, 9.17) is 0 Å². The summed E-state index contributed by atoms with van der Waals surface area (Å²) in [4.78, 5) is 68.4. The third-order valence-corrected chi connectivity index (χ3v) is 10.3.